The molecule has 3 fully saturated rings. The highest BCUT2D eigenvalue weighted by molar-refractivity contribution is 7.80. The lowest BCUT2D eigenvalue weighted by atomic mass is 9.46. The van der Waals surface area contributed by atoms with Gasteiger partial charge in [0.1, 0.15) is 11.6 Å². The third-order valence-electron chi connectivity index (χ3n) is 9.56. The van der Waals surface area contributed by atoms with E-state index in [0.29, 0.717) is 24.2 Å². The third-order valence-corrected chi connectivity index (χ3v) is 9.93. The number of terminal acetylenes is 1. The van der Waals surface area contributed by atoms with Crippen LogP contribution in [0.25, 0.3) is 0 Å². The summed E-state index contributed by atoms with van der Waals surface area (Å²) in [5.74, 6) is 2.71. The summed E-state index contributed by atoms with van der Waals surface area (Å²) in [6.45, 7) is 4.27. The number of rotatable bonds is 6. The van der Waals surface area contributed by atoms with Crippen molar-refractivity contribution in [1.82, 2.24) is 5.32 Å². The number of carbonyl (C=O) groups is 2. The number of carboxylic acid groups (broad SMARTS) is 1. The van der Waals surface area contributed by atoms with Crippen molar-refractivity contribution < 1.29 is 24.6 Å². The van der Waals surface area contributed by atoms with E-state index in [2.05, 4.69) is 48.9 Å². The molecule has 4 aliphatic carbocycles. The zero-order valence-corrected chi connectivity index (χ0v) is 20.9. The van der Waals surface area contributed by atoms with Gasteiger partial charge in [0.25, 0.3) is 5.91 Å². The van der Waals surface area contributed by atoms with E-state index in [-0.39, 0.29) is 23.2 Å². The highest BCUT2D eigenvalue weighted by Crippen LogP contribution is 2.67. The maximum Gasteiger partial charge on any atom is 0.327 e. The lowest BCUT2D eigenvalue weighted by Crippen LogP contribution is -2.54. The van der Waals surface area contributed by atoms with Crippen LogP contribution in [0.15, 0.2) is 16.8 Å². The van der Waals surface area contributed by atoms with E-state index in [0.717, 1.165) is 50.7 Å². The molecule has 0 saturated heterocycles. The van der Waals surface area contributed by atoms with E-state index in [9.17, 15) is 14.7 Å². The summed E-state index contributed by atoms with van der Waals surface area (Å²) in [6, 6.07) is -1.05. The Morgan fingerprint density at radius 1 is 1.26 bits per heavy atom. The molecule has 0 heterocycles. The van der Waals surface area contributed by atoms with E-state index in [4.69, 9.17) is 16.4 Å². The fraction of sp³-hybridized carbons (Fsp3) is 0.731. The average Bonchev–Trinajstić information content (AvgIpc) is 3.08. The van der Waals surface area contributed by atoms with Crippen molar-refractivity contribution in [3.63, 3.8) is 0 Å². The monoisotopic (exact) mass is 488 g/mol. The fourth-order valence-corrected chi connectivity index (χ4v) is 7.74. The molecule has 0 aromatic carbocycles. The van der Waals surface area contributed by atoms with Gasteiger partial charge in [-0.3, -0.25) is 4.79 Å². The largest absolute Gasteiger partial charge is 0.480 e. The molecular formula is C26H36N2O5S. The number of thiol groups is 1. The molecule has 3 saturated carbocycles. The number of allylic oxidation sites excluding steroid dienone is 2. The molecule has 0 bridgehead atoms. The molecule has 4 aliphatic rings. The number of aliphatic hydroxyl groups is 1. The fourth-order valence-electron chi connectivity index (χ4n) is 7.49. The van der Waals surface area contributed by atoms with Crippen LogP contribution in [0.5, 0.6) is 0 Å². The van der Waals surface area contributed by atoms with Crippen molar-refractivity contribution in [2.24, 2.45) is 33.7 Å². The molecule has 7 atom stereocenters. The normalized spacial score (nSPS) is 40.7. The van der Waals surface area contributed by atoms with Crippen molar-refractivity contribution in [2.75, 3.05) is 12.4 Å². The predicted octanol–water partition coefficient (Wildman–Crippen LogP) is 3.19. The van der Waals surface area contributed by atoms with E-state index in [1.165, 1.54) is 5.57 Å². The van der Waals surface area contributed by atoms with Crippen LogP contribution in [-0.4, -0.2) is 51.8 Å². The van der Waals surface area contributed by atoms with Gasteiger partial charge in [-0.2, -0.15) is 12.6 Å². The summed E-state index contributed by atoms with van der Waals surface area (Å²) in [4.78, 5) is 28.2. The Labute approximate surface area is 207 Å². The maximum absolute atomic E-state index is 11.9. The van der Waals surface area contributed by atoms with Crippen LogP contribution < -0.4 is 5.32 Å². The van der Waals surface area contributed by atoms with E-state index < -0.39 is 23.5 Å². The quantitative estimate of drug-likeness (QED) is 0.261. The highest BCUT2D eigenvalue weighted by atomic mass is 32.1. The summed E-state index contributed by atoms with van der Waals surface area (Å²) >= 11 is 3.93. The Kier molecular flexibility index (Phi) is 6.82. The van der Waals surface area contributed by atoms with Gasteiger partial charge in [-0.15, -0.1) is 6.42 Å². The second-order valence-electron chi connectivity index (χ2n) is 11.0. The van der Waals surface area contributed by atoms with Crippen molar-refractivity contribution in [2.45, 2.75) is 76.9 Å². The smallest absolute Gasteiger partial charge is 0.327 e. The van der Waals surface area contributed by atoms with Gasteiger partial charge >= 0.3 is 5.97 Å². The van der Waals surface area contributed by atoms with Crippen LogP contribution in [0.2, 0.25) is 0 Å². The molecule has 0 aliphatic heterocycles. The van der Waals surface area contributed by atoms with E-state index >= 15 is 0 Å². The Hall–Kier alpha value is -1.98. The second kappa shape index (κ2) is 9.23. The lowest BCUT2D eigenvalue weighted by molar-refractivity contribution is -0.141. The van der Waals surface area contributed by atoms with Gasteiger partial charge in [-0.05, 0) is 80.6 Å². The Morgan fingerprint density at radius 2 is 2.00 bits per heavy atom. The molecule has 34 heavy (non-hydrogen) atoms. The summed E-state index contributed by atoms with van der Waals surface area (Å²) in [5.41, 5.74) is 1.17. The van der Waals surface area contributed by atoms with Gasteiger partial charge < -0.3 is 20.4 Å². The van der Waals surface area contributed by atoms with Crippen LogP contribution in [0.4, 0.5) is 0 Å². The van der Waals surface area contributed by atoms with Gasteiger partial charge in [0.2, 0.25) is 0 Å². The number of amides is 1. The van der Waals surface area contributed by atoms with Crippen molar-refractivity contribution >= 4 is 30.2 Å². The molecule has 7 nitrogen and oxygen atoms in total. The molecule has 4 unspecified atom stereocenters. The molecule has 0 spiro atoms. The summed E-state index contributed by atoms with van der Waals surface area (Å²) in [6.07, 6.45) is 15.5. The average molecular weight is 489 g/mol. The minimum absolute atomic E-state index is 0.00443. The van der Waals surface area contributed by atoms with Crippen LogP contribution in [0, 0.1) is 40.9 Å². The topological polar surface area (TPSA) is 108 Å². The SMILES string of the molecule is C#C[C@@]1(O)CCC2C3CCC4=CC(=NOCC(=O)NC(CS)C(=O)O)CC[C@]4(C)C3CC[C@@]21C. The van der Waals surface area contributed by atoms with Crippen molar-refractivity contribution in [1.29, 1.82) is 0 Å². The molecule has 0 aromatic rings. The van der Waals surface area contributed by atoms with Crippen molar-refractivity contribution in [3.05, 3.63) is 11.6 Å². The molecule has 0 aromatic heterocycles. The summed E-state index contributed by atoms with van der Waals surface area (Å²) in [5, 5.41) is 26.7. The zero-order chi connectivity index (χ0) is 24.7. The van der Waals surface area contributed by atoms with Gasteiger partial charge in [0.05, 0.1) is 5.71 Å². The molecule has 4 rings (SSSR count). The number of aliphatic carboxylic acids is 1. The Morgan fingerprint density at radius 3 is 2.68 bits per heavy atom. The molecule has 8 heteroatoms. The second-order valence-corrected chi connectivity index (χ2v) is 11.4. The first-order chi connectivity index (χ1) is 16.1. The van der Waals surface area contributed by atoms with Crippen molar-refractivity contribution in [3.8, 4) is 12.3 Å². The zero-order valence-electron chi connectivity index (χ0n) is 20.0. The molecule has 186 valence electrons. The summed E-state index contributed by atoms with van der Waals surface area (Å²) < 4.78 is 0. The molecular weight excluding hydrogens is 452 g/mol. The number of fused-ring (bicyclic) bond motifs is 5. The van der Waals surface area contributed by atoms with Gasteiger partial charge in [-0.25, -0.2) is 4.79 Å². The third kappa shape index (κ3) is 4.05. The molecule has 3 N–H and O–H groups in total. The Bertz CT molecular complexity index is 957. The minimum atomic E-state index is -1.13. The van der Waals surface area contributed by atoms with Gasteiger partial charge in [0, 0.05) is 11.2 Å². The van der Waals surface area contributed by atoms with E-state index in [1.54, 1.807) is 0 Å². The number of hydrogen-bond acceptors (Lipinski definition) is 6. The first kappa shape index (κ1) is 25.1. The van der Waals surface area contributed by atoms with Gasteiger partial charge in [-0.1, -0.05) is 30.5 Å². The van der Waals surface area contributed by atoms with Crippen LogP contribution in [0.1, 0.15) is 65.2 Å². The minimum Gasteiger partial charge on any atom is -0.480 e. The van der Waals surface area contributed by atoms with Crippen LogP contribution in [-0.2, 0) is 14.4 Å². The number of nitrogens with one attached hydrogen (secondary N) is 1. The number of hydrogen-bond donors (Lipinski definition) is 4. The van der Waals surface area contributed by atoms with Crippen LogP contribution >= 0.6 is 12.6 Å². The predicted molar refractivity (Wildman–Crippen MR) is 132 cm³/mol. The van der Waals surface area contributed by atoms with Gasteiger partial charge in [0.15, 0.2) is 6.61 Å². The lowest BCUT2D eigenvalue weighted by Gasteiger charge is -2.58. The summed E-state index contributed by atoms with van der Waals surface area (Å²) in [7, 11) is 0. The molecule has 0 radical (unpaired) electrons. The number of carbonyl (C=O) groups excluding carboxylic acids is 1. The molecule has 1 amide bonds. The van der Waals surface area contributed by atoms with E-state index in [1.807, 2.05) is 0 Å². The first-order valence-electron chi connectivity index (χ1n) is 12.3. The number of nitrogens with zero attached hydrogens (tertiary/aromatic N) is 1. The van der Waals surface area contributed by atoms with Crippen LogP contribution in [0.3, 0.4) is 0 Å². The first-order valence-corrected chi connectivity index (χ1v) is 12.9. The highest BCUT2D eigenvalue weighted by Gasteiger charge is 2.63. The number of oxime groups is 1. The Balaban J connectivity index is 1.42. The maximum atomic E-state index is 11.9. The number of carboxylic acids is 1. The standard InChI is InChI=1S/C26H36N2O5S/c1-4-26(32)12-9-20-18-6-5-16-13-17(28-33-14-22(29)27-21(15-34)23(30)31)7-10-24(16,2)19(18)8-11-25(20,26)3/h1,13,18-21,32,34H,5-12,14-15H2,2-3H3,(H,27,29)(H,30,31)/t18?,19?,20?,21?,24-,25-,26+/m0/s1.